The van der Waals surface area contributed by atoms with Crippen LogP contribution in [0.5, 0.6) is 5.75 Å². The van der Waals surface area contributed by atoms with Crippen LogP contribution in [0.2, 0.25) is 0 Å². The summed E-state index contributed by atoms with van der Waals surface area (Å²) in [5, 5.41) is 3.39. The van der Waals surface area contributed by atoms with Crippen molar-refractivity contribution in [3.05, 3.63) is 29.6 Å². The van der Waals surface area contributed by atoms with E-state index < -0.39 is 0 Å². The van der Waals surface area contributed by atoms with E-state index in [1.165, 1.54) is 13.2 Å². The van der Waals surface area contributed by atoms with Gasteiger partial charge in [0, 0.05) is 18.2 Å². The zero-order valence-electron chi connectivity index (χ0n) is 12.9. The Bertz CT molecular complexity index is 398. The molecule has 0 bridgehead atoms. The van der Waals surface area contributed by atoms with E-state index in [-0.39, 0.29) is 18.0 Å². The molecule has 0 fully saturated rings. The summed E-state index contributed by atoms with van der Waals surface area (Å²) in [5.74, 6) is 0.279. The molecule has 1 aromatic carbocycles. The van der Waals surface area contributed by atoms with Crippen LogP contribution in [-0.2, 0) is 4.74 Å². The summed E-state index contributed by atoms with van der Waals surface area (Å²) in [6.07, 6.45) is 1.80. The summed E-state index contributed by atoms with van der Waals surface area (Å²) in [6, 6.07) is 4.86. The van der Waals surface area contributed by atoms with Crippen molar-refractivity contribution in [2.75, 3.05) is 20.3 Å². The first-order valence-electron chi connectivity index (χ1n) is 7.36. The second kappa shape index (κ2) is 8.93. The summed E-state index contributed by atoms with van der Waals surface area (Å²) < 4.78 is 25.1. The maximum Gasteiger partial charge on any atom is 0.131 e. The smallest absolute Gasteiger partial charge is 0.131 e. The monoisotopic (exact) mass is 283 g/mol. The van der Waals surface area contributed by atoms with Gasteiger partial charge < -0.3 is 14.8 Å². The second-order valence-electron chi connectivity index (χ2n) is 4.72. The van der Waals surface area contributed by atoms with Gasteiger partial charge in [0.25, 0.3) is 0 Å². The van der Waals surface area contributed by atoms with Crippen LogP contribution in [0.1, 0.15) is 45.2 Å². The first kappa shape index (κ1) is 16.9. The van der Waals surface area contributed by atoms with Crippen molar-refractivity contribution in [3.8, 4) is 5.75 Å². The number of nitrogens with one attached hydrogen (secondary N) is 1. The summed E-state index contributed by atoms with van der Waals surface area (Å²) in [7, 11) is 1.54. The lowest BCUT2D eigenvalue weighted by Crippen LogP contribution is -2.34. The average Bonchev–Trinajstić information content (AvgIpc) is 2.47. The molecule has 1 rings (SSSR count). The van der Waals surface area contributed by atoms with E-state index in [0.717, 1.165) is 19.4 Å². The summed E-state index contributed by atoms with van der Waals surface area (Å²) >= 11 is 0. The van der Waals surface area contributed by atoms with E-state index in [9.17, 15) is 4.39 Å². The van der Waals surface area contributed by atoms with E-state index in [4.69, 9.17) is 9.47 Å². The minimum atomic E-state index is -0.254. The van der Waals surface area contributed by atoms with Crippen molar-refractivity contribution in [2.45, 2.75) is 45.8 Å². The third-order valence-corrected chi connectivity index (χ3v) is 3.31. The van der Waals surface area contributed by atoms with Gasteiger partial charge in [-0.05, 0) is 32.4 Å². The van der Waals surface area contributed by atoms with Crippen LogP contribution in [-0.4, -0.2) is 26.4 Å². The highest BCUT2D eigenvalue weighted by Gasteiger charge is 2.24. The maximum atomic E-state index is 14.3. The van der Waals surface area contributed by atoms with E-state index in [1.54, 1.807) is 12.1 Å². The molecule has 0 aromatic heterocycles. The Morgan fingerprint density at radius 1 is 1.25 bits per heavy atom. The molecule has 0 spiro atoms. The average molecular weight is 283 g/mol. The Labute approximate surface area is 121 Å². The van der Waals surface area contributed by atoms with Crippen molar-refractivity contribution in [1.29, 1.82) is 0 Å². The van der Waals surface area contributed by atoms with Crippen LogP contribution >= 0.6 is 0 Å². The molecule has 0 amide bonds. The largest absolute Gasteiger partial charge is 0.497 e. The molecular weight excluding hydrogens is 257 g/mol. The lowest BCUT2D eigenvalue weighted by Gasteiger charge is -2.28. The Hall–Kier alpha value is -1.13. The maximum absolute atomic E-state index is 14.3. The fourth-order valence-electron chi connectivity index (χ4n) is 2.29. The zero-order valence-corrected chi connectivity index (χ0v) is 12.9. The standard InChI is InChI=1S/C16H26FNO2/c1-5-10-18-16(15(6-2)20-7-3)13-9-8-12(19-4)11-14(13)17/h8-9,11,15-16,18H,5-7,10H2,1-4H3. The van der Waals surface area contributed by atoms with Crippen LogP contribution in [0, 0.1) is 5.82 Å². The van der Waals surface area contributed by atoms with Crippen molar-refractivity contribution in [3.63, 3.8) is 0 Å². The summed E-state index contributed by atoms with van der Waals surface area (Å²) in [6.45, 7) is 7.57. The number of hydrogen-bond donors (Lipinski definition) is 1. The van der Waals surface area contributed by atoms with Crippen LogP contribution < -0.4 is 10.1 Å². The quantitative estimate of drug-likeness (QED) is 0.749. The van der Waals surface area contributed by atoms with E-state index >= 15 is 0 Å². The fraction of sp³-hybridized carbons (Fsp3) is 0.625. The molecule has 2 atom stereocenters. The van der Waals surface area contributed by atoms with Crippen LogP contribution in [0.15, 0.2) is 18.2 Å². The van der Waals surface area contributed by atoms with Gasteiger partial charge in [-0.1, -0.05) is 19.9 Å². The Balaban J connectivity index is 3.02. The minimum absolute atomic E-state index is 0.0329. The van der Waals surface area contributed by atoms with Gasteiger partial charge in [0.05, 0.1) is 19.3 Å². The van der Waals surface area contributed by atoms with Crippen molar-refractivity contribution >= 4 is 0 Å². The SMILES string of the molecule is CCCNC(c1ccc(OC)cc1F)C(CC)OCC. The van der Waals surface area contributed by atoms with Crippen molar-refractivity contribution < 1.29 is 13.9 Å². The minimum Gasteiger partial charge on any atom is -0.497 e. The van der Waals surface area contributed by atoms with Crippen LogP contribution in [0.4, 0.5) is 4.39 Å². The predicted molar refractivity (Wildman–Crippen MR) is 79.7 cm³/mol. The lowest BCUT2D eigenvalue weighted by atomic mass is 9.98. The molecule has 0 radical (unpaired) electrons. The predicted octanol–water partition coefficient (Wildman–Crippen LogP) is 3.69. The molecule has 0 saturated carbocycles. The van der Waals surface area contributed by atoms with Gasteiger partial charge in [-0.3, -0.25) is 0 Å². The van der Waals surface area contributed by atoms with Crippen molar-refractivity contribution in [1.82, 2.24) is 5.32 Å². The molecular formula is C16H26FNO2. The van der Waals surface area contributed by atoms with Crippen molar-refractivity contribution in [2.24, 2.45) is 0 Å². The molecule has 0 aliphatic heterocycles. The molecule has 114 valence electrons. The fourth-order valence-corrected chi connectivity index (χ4v) is 2.29. The number of ether oxygens (including phenoxy) is 2. The highest BCUT2D eigenvalue weighted by molar-refractivity contribution is 5.31. The molecule has 0 saturated heterocycles. The van der Waals surface area contributed by atoms with Gasteiger partial charge in [0.15, 0.2) is 0 Å². The van der Waals surface area contributed by atoms with E-state index in [0.29, 0.717) is 17.9 Å². The molecule has 1 N–H and O–H groups in total. The number of methoxy groups -OCH3 is 1. The molecule has 0 aliphatic carbocycles. The second-order valence-corrected chi connectivity index (χ2v) is 4.72. The van der Waals surface area contributed by atoms with Crippen LogP contribution in [0.25, 0.3) is 0 Å². The van der Waals surface area contributed by atoms with Gasteiger partial charge in [0.1, 0.15) is 11.6 Å². The Morgan fingerprint density at radius 2 is 2.00 bits per heavy atom. The Morgan fingerprint density at radius 3 is 2.50 bits per heavy atom. The van der Waals surface area contributed by atoms with Gasteiger partial charge in [-0.25, -0.2) is 4.39 Å². The highest BCUT2D eigenvalue weighted by Crippen LogP contribution is 2.27. The van der Waals surface area contributed by atoms with Gasteiger partial charge >= 0.3 is 0 Å². The summed E-state index contributed by atoms with van der Waals surface area (Å²) in [4.78, 5) is 0. The lowest BCUT2D eigenvalue weighted by molar-refractivity contribution is 0.0305. The number of benzene rings is 1. The normalized spacial score (nSPS) is 14.1. The topological polar surface area (TPSA) is 30.5 Å². The van der Waals surface area contributed by atoms with Gasteiger partial charge in [-0.2, -0.15) is 0 Å². The highest BCUT2D eigenvalue weighted by atomic mass is 19.1. The summed E-state index contributed by atoms with van der Waals surface area (Å²) in [5.41, 5.74) is 0.638. The molecule has 3 nitrogen and oxygen atoms in total. The number of halogens is 1. The first-order valence-corrected chi connectivity index (χ1v) is 7.36. The molecule has 4 heteroatoms. The van der Waals surface area contributed by atoms with Crippen LogP contribution in [0.3, 0.4) is 0 Å². The third kappa shape index (κ3) is 4.46. The third-order valence-electron chi connectivity index (χ3n) is 3.31. The van der Waals surface area contributed by atoms with E-state index in [2.05, 4.69) is 19.2 Å². The number of rotatable bonds is 9. The zero-order chi connectivity index (χ0) is 15.0. The van der Waals surface area contributed by atoms with E-state index in [1.807, 2.05) is 6.92 Å². The molecule has 1 aromatic rings. The van der Waals surface area contributed by atoms with Gasteiger partial charge in [-0.15, -0.1) is 0 Å². The molecule has 20 heavy (non-hydrogen) atoms. The first-order chi connectivity index (χ1) is 9.67. The molecule has 0 heterocycles. The molecule has 0 aliphatic rings. The number of hydrogen-bond acceptors (Lipinski definition) is 3. The molecule has 2 unspecified atom stereocenters. The Kier molecular flexibility index (Phi) is 7.55. The van der Waals surface area contributed by atoms with Gasteiger partial charge in [0.2, 0.25) is 0 Å².